The first-order chi connectivity index (χ1) is 16.6. The van der Waals surface area contributed by atoms with Crippen molar-refractivity contribution in [2.24, 2.45) is 11.8 Å². The normalized spacial score (nSPS) is 24.7. The van der Waals surface area contributed by atoms with E-state index in [4.69, 9.17) is 4.55 Å². The van der Waals surface area contributed by atoms with Gasteiger partial charge in [-0.15, -0.1) is 11.3 Å². The number of urea groups is 1. The van der Waals surface area contributed by atoms with Gasteiger partial charge in [-0.1, -0.05) is 25.3 Å². The molecule has 0 bridgehead atoms. The predicted octanol–water partition coefficient (Wildman–Crippen LogP) is 0.627. The lowest BCUT2D eigenvalue weighted by Gasteiger charge is -2.36. The number of nitrogens with zero attached hydrogens (tertiary/aromatic N) is 2. The molecule has 1 aromatic rings. The van der Waals surface area contributed by atoms with E-state index in [1.54, 1.807) is 17.5 Å². The van der Waals surface area contributed by atoms with Crippen LogP contribution in [0.3, 0.4) is 0 Å². The van der Waals surface area contributed by atoms with Gasteiger partial charge in [0, 0.05) is 17.3 Å². The third-order valence-corrected chi connectivity index (χ3v) is 8.59. The Bertz CT molecular complexity index is 1130. The van der Waals surface area contributed by atoms with Crippen LogP contribution in [-0.4, -0.2) is 70.8 Å². The zero-order chi connectivity index (χ0) is 25.3. The molecule has 0 radical (unpaired) electrons. The summed E-state index contributed by atoms with van der Waals surface area (Å²) in [7, 11) is -4.72. The Morgan fingerprint density at radius 3 is 2.43 bits per heavy atom. The van der Waals surface area contributed by atoms with Gasteiger partial charge in [0.15, 0.2) is 0 Å². The van der Waals surface area contributed by atoms with Gasteiger partial charge in [-0.2, -0.15) is 8.42 Å². The molecule has 35 heavy (non-hydrogen) atoms. The fourth-order valence-corrected chi connectivity index (χ4v) is 6.33. The number of amides is 5. The van der Waals surface area contributed by atoms with Crippen molar-refractivity contribution < 1.29 is 36.9 Å². The van der Waals surface area contributed by atoms with E-state index in [0.717, 1.165) is 48.3 Å². The van der Waals surface area contributed by atoms with Crippen LogP contribution in [-0.2, 0) is 29.5 Å². The highest BCUT2D eigenvalue weighted by atomic mass is 32.2. The number of carbonyl (C=O) groups is 5. The number of ketones is 1. The predicted molar refractivity (Wildman–Crippen MR) is 122 cm³/mol. The summed E-state index contributed by atoms with van der Waals surface area (Å²) in [6, 6.07) is -0.165. The van der Waals surface area contributed by atoms with Crippen molar-refractivity contribution in [2.45, 2.75) is 50.6 Å². The lowest BCUT2D eigenvalue weighted by molar-refractivity contribution is -0.149. The number of likely N-dealkylation sites (tertiary alicyclic amines) is 1. The minimum absolute atomic E-state index is 0.0563. The van der Waals surface area contributed by atoms with E-state index in [-0.39, 0.29) is 16.8 Å². The molecule has 3 unspecified atom stereocenters. The molecule has 5 amide bonds. The molecule has 3 fully saturated rings. The fourth-order valence-electron chi connectivity index (χ4n) is 4.86. The van der Waals surface area contributed by atoms with Crippen LogP contribution in [0.5, 0.6) is 0 Å². The molecule has 0 aromatic carbocycles. The second-order valence-corrected chi connectivity index (χ2v) is 11.2. The van der Waals surface area contributed by atoms with Gasteiger partial charge in [0.1, 0.15) is 12.1 Å². The molecule has 1 aliphatic carbocycles. The van der Waals surface area contributed by atoms with E-state index < -0.39 is 64.4 Å². The zero-order valence-corrected chi connectivity index (χ0v) is 20.3. The monoisotopic (exact) mass is 526 g/mol. The van der Waals surface area contributed by atoms with E-state index in [2.05, 4.69) is 10.6 Å². The molecule has 12 nitrogen and oxygen atoms in total. The first kappa shape index (κ1) is 25.3. The van der Waals surface area contributed by atoms with Gasteiger partial charge in [-0.25, -0.2) is 9.10 Å². The quantitative estimate of drug-likeness (QED) is 0.275. The maximum atomic E-state index is 12.9. The number of β-lactam (4-membered cyclic amide) rings is 1. The van der Waals surface area contributed by atoms with Crippen molar-refractivity contribution >= 4 is 51.2 Å². The van der Waals surface area contributed by atoms with Gasteiger partial charge in [-0.05, 0) is 36.6 Å². The van der Waals surface area contributed by atoms with E-state index in [0.29, 0.717) is 11.3 Å². The second kappa shape index (κ2) is 10.0. The average molecular weight is 527 g/mol. The number of Topliss-reactive ketones (excluding diaryl/α,β-unsaturated/α-hetero) is 1. The highest BCUT2D eigenvalue weighted by molar-refractivity contribution is 7.84. The van der Waals surface area contributed by atoms with Gasteiger partial charge in [0.25, 0.3) is 11.8 Å². The number of imide groups is 1. The SMILES string of the molecule is O=C(NC1CN(S(=O)(=O)O)C1=O)C(NC(=O)N1CCC(C2CCCCC2)C(=O)C1=O)c1cccs1. The van der Waals surface area contributed by atoms with Crippen molar-refractivity contribution in [2.75, 3.05) is 13.1 Å². The van der Waals surface area contributed by atoms with Crippen LogP contribution in [0.25, 0.3) is 0 Å². The molecule has 4 rings (SSSR count). The van der Waals surface area contributed by atoms with Crippen LogP contribution >= 0.6 is 11.3 Å². The third kappa shape index (κ3) is 5.23. The second-order valence-electron chi connectivity index (χ2n) is 8.92. The zero-order valence-electron chi connectivity index (χ0n) is 18.7. The van der Waals surface area contributed by atoms with Gasteiger partial charge >= 0.3 is 16.3 Å². The maximum absolute atomic E-state index is 12.9. The Kier molecular flexibility index (Phi) is 7.24. The van der Waals surface area contributed by atoms with Gasteiger partial charge < -0.3 is 10.6 Å². The summed E-state index contributed by atoms with van der Waals surface area (Å²) >= 11 is 1.15. The number of hydrogen-bond acceptors (Lipinski definition) is 8. The molecule has 3 atom stereocenters. The van der Waals surface area contributed by atoms with Crippen molar-refractivity contribution in [3.8, 4) is 0 Å². The van der Waals surface area contributed by atoms with E-state index in [9.17, 15) is 32.4 Å². The summed E-state index contributed by atoms with van der Waals surface area (Å²) in [4.78, 5) is 64.5. The van der Waals surface area contributed by atoms with E-state index >= 15 is 0 Å². The molecular weight excluding hydrogens is 500 g/mol. The number of rotatable bonds is 6. The number of carbonyl (C=O) groups excluding carboxylic acids is 5. The molecule has 14 heteroatoms. The molecule has 190 valence electrons. The molecule has 2 aliphatic heterocycles. The van der Waals surface area contributed by atoms with Crippen LogP contribution < -0.4 is 10.6 Å². The minimum atomic E-state index is -4.72. The van der Waals surface area contributed by atoms with Crippen molar-refractivity contribution in [1.29, 1.82) is 0 Å². The molecule has 3 N–H and O–H groups in total. The lowest BCUT2D eigenvalue weighted by atomic mass is 9.75. The number of nitrogens with one attached hydrogen (secondary N) is 2. The standard InChI is InChI=1S/C21H26N4O8S2/c26-17-13(12-5-2-1-3-6-12)8-9-24(20(17)29)21(30)23-16(15-7-4-10-34-15)18(27)22-14-11-25(19(14)28)35(31,32)33/h4,7,10,12-14,16H,1-3,5-6,8-9,11H2,(H,22,27)(H,23,30)(H,31,32,33). The number of hydrogen-bond donors (Lipinski definition) is 3. The minimum Gasteiger partial charge on any atom is -0.340 e. The first-order valence-corrected chi connectivity index (χ1v) is 13.6. The van der Waals surface area contributed by atoms with E-state index in [1.165, 1.54) is 0 Å². The van der Waals surface area contributed by atoms with Crippen molar-refractivity contribution in [1.82, 2.24) is 19.8 Å². The molecular formula is C21H26N4O8S2. The summed E-state index contributed by atoms with van der Waals surface area (Å²) in [5.41, 5.74) is 0. The Hall–Kier alpha value is -2.84. The average Bonchev–Trinajstić information content (AvgIpc) is 3.35. The first-order valence-electron chi connectivity index (χ1n) is 11.4. The molecule has 1 aromatic heterocycles. The molecule has 2 saturated heterocycles. The number of thiophene rings is 1. The van der Waals surface area contributed by atoms with Gasteiger partial charge in [0.2, 0.25) is 11.7 Å². The summed E-state index contributed by atoms with van der Waals surface area (Å²) < 4.78 is 31.4. The smallest absolute Gasteiger partial charge is 0.340 e. The van der Waals surface area contributed by atoms with Gasteiger partial charge in [0.05, 0.1) is 6.54 Å². The summed E-state index contributed by atoms with van der Waals surface area (Å²) in [6.07, 6.45) is 5.33. The maximum Gasteiger partial charge on any atom is 0.362 e. The number of piperidine rings is 1. The largest absolute Gasteiger partial charge is 0.362 e. The topological polar surface area (TPSA) is 170 Å². The van der Waals surface area contributed by atoms with Crippen LogP contribution in [0.15, 0.2) is 17.5 Å². The highest BCUT2D eigenvalue weighted by Crippen LogP contribution is 2.34. The third-order valence-electron chi connectivity index (χ3n) is 6.77. The Morgan fingerprint density at radius 2 is 1.83 bits per heavy atom. The molecule has 1 saturated carbocycles. The Labute approximate surface area is 205 Å². The van der Waals surface area contributed by atoms with E-state index in [1.807, 2.05) is 0 Å². The molecule has 3 aliphatic rings. The fraction of sp³-hybridized carbons (Fsp3) is 0.571. The van der Waals surface area contributed by atoms with Crippen LogP contribution in [0.1, 0.15) is 49.4 Å². The van der Waals surface area contributed by atoms with Crippen LogP contribution in [0.4, 0.5) is 4.79 Å². The van der Waals surface area contributed by atoms with Crippen molar-refractivity contribution in [3.05, 3.63) is 22.4 Å². The lowest BCUT2D eigenvalue weighted by Crippen LogP contribution is -2.66. The molecule has 0 spiro atoms. The van der Waals surface area contributed by atoms with Crippen LogP contribution in [0, 0.1) is 11.8 Å². The van der Waals surface area contributed by atoms with Crippen molar-refractivity contribution in [3.63, 3.8) is 0 Å². The Balaban J connectivity index is 1.41. The summed E-state index contributed by atoms with van der Waals surface area (Å²) in [5.74, 6) is -3.53. The molecule has 3 heterocycles. The highest BCUT2D eigenvalue weighted by Gasteiger charge is 2.46. The summed E-state index contributed by atoms with van der Waals surface area (Å²) in [6.45, 7) is -0.392. The van der Waals surface area contributed by atoms with Gasteiger partial charge in [-0.3, -0.25) is 28.6 Å². The summed E-state index contributed by atoms with van der Waals surface area (Å²) in [5, 5.41) is 6.48. The van der Waals surface area contributed by atoms with Crippen LogP contribution in [0.2, 0.25) is 0 Å². The Morgan fingerprint density at radius 1 is 1.11 bits per heavy atom.